The third-order valence-electron chi connectivity index (χ3n) is 2.22. The first-order chi connectivity index (χ1) is 8.67. The monoisotopic (exact) mass is 264 g/mol. The number of thiazole rings is 1. The van der Waals surface area contributed by atoms with E-state index >= 15 is 0 Å². The Morgan fingerprint density at radius 3 is 2.78 bits per heavy atom. The van der Waals surface area contributed by atoms with Gasteiger partial charge < -0.3 is 10.1 Å². The lowest BCUT2D eigenvalue weighted by Crippen LogP contribution is -2.06. The minimum Gasteiger partial charge on any atom is -0.478 e. The highest BCUT2D eigenvalue weighted by atomic mass is 32.1. The molecule has 0 bridgehead atoms. The summed E-state index contributed by atoms with van der Waals surface area (Å²) in [5.41, 5.74) is 1.88. The molecular formula is C12H16N4OS. The van der Waals surface area contributed by atoms with Gasteiger partial charge in [0, 0.05) is 17.1 Å². The first-order valence-electron chi connectivity index (χ1n) is 5.80. The lowest BCUT2D eigenvalue weighted by molar-refractivity contribution is 0.326. The maximum absolute atomic E-state index is 5.38. The molecule has 0 atom stereocenters. The second-order valence-corrected chi connectivity index (χ2v) is 4.88. The van der Waals surface area contributed by atoms with Gasteiger partial charge in [0.1, 0.15) is 0 Å². The molecule has 5 nitrogen and oxygen atoms in total. The molecule has 0 aromatic carbocycles. The molecule has 96 valence electrons. The molecule has 2 aromatic rings. The van der Waals surface area contributed by atoms with Gasteiger partial charge in [0.2, 0.25) is 11.8 Å². The molecule has 0 amide bonds. The molecule has 2 rings (SSSR count). The Kier molecular flexibility index (Phi) is 4.09. The Morgan fingerprint density at radius 2 is 2.11 bits per heavy atom. The summed E-state index contributed by atoms with van der Waals surface area (Å²) >= 11 is 1.64. The van der Waals surface area contributed by atoms with Crippen molar-refractivity contribution in [2.24, 2.45) is 0 Å². The van der Waals surface area contributed by atoms with Crippen LogP contribution in [0, 0.1) is 13.8 Å². The quantitative estimate of drug-likeness (QED) is 0.899. The van der Waals surface area contributed by atoms with E-state index in [2.05, 4.69) is 20.3 Å². The van der Waals surface area contributed by atoms with Crippen molar-refractivity contribution in [2.45, 2.75) is 27.3 Å². The fraction of sp³-hybridized carbons (Fsp3) is 0.417. The molecule has 0 saturated heterocycles. The average Bonchev–Trinajstić information content (AvgIpc) is 2.72. The topological polar surface area (TPSA) is 59.9 Å². The van der Waals surface area contributed by atoms with E-state index in [0.29, 0.717) is 25.0 Å². The van der Waals surface area contributed by atoms with Crippen LogP contribution in [-0.2, 0) is 6.54 Å². The highest BCUT2D eigenvalue weighted by Crippen LogP contribution is 2.13. The Bertz CT molecular complexity index is 527. The molecule has 6 heteroatoms. The lowest BCUT2D eigenvalue weighted by Gasteiger charge is -2.07. The number of anilines is 1. The van der Waals surface area contributed by atoms with Crippen molar-refractivity contribution in [1.82, 2.24) is 15.0 Å². The van der Waals surface area contributed by atoms with Gasteiger partial charge in [-0.15, -0.1) is 11.3 Å². The smallest absolute Gasteiger partial charge is 0.226 e. The van der Waals surface area contributed by atoms with E-state index in [1.807, 2.05) is 32.2 Å². The number of hydrogen-bond acceptors (Lipinski definition) is 6. The summed E-state index contributed by atoms with van der Waals surface area (Å²) in [4.78, 5) is 13.0. The van der Waals surface area contributed by atoms with Gasteiger partial charge in [0.25, 0.3) is 0 Å². The fourth-order valence-corrected chi connectivity index (χ4v) is 2.11. The van der Waals surface area contributed by atoms with Crippen LogP contribution in [-0.4, -0.2) is 21.6 Å². The van der Waals surface area contributed by atoms with E-state index in [-0.39, 0.29) is 0 Å². The summed E-state index contributed by atoms with van der Waals surface area (Å²) in [7, 11) is 0. The van der Waals surface area contributed by atoms with Crippen molar-refractivity contribution in [1.29, 1.82) is 0 Å². The average molecular weight is 264 g/mol. The zero-order chi connectivity index (χ0) is 13.0. The van der Waals surface area contributed by atoms with E-state index in [1.54, 1.807) is 11.3 Å². The molecule has 2 aromatic heterocycles. The molecule has 0 spiro atoms. The normalized spacial score (nSPS) is 10.4. The van der Waals surface area contributed by atoms with Gasteiger partial charge in [-0.1, -0.05) is 0 Å². The van der Waals surface area contributed by atoms with Crippen LogP contribution in [0.4, 0.5) is 5.95 Å². The first kappa shape index (κ1) is 12.8. The maximum atomic E-state index is 5.38. The van der Waals surface area contributed by atoms with E-state index in [9.17, 15) is 0 Å². The van der Waals surface area contributed by atoms with Crippen LogP contribution >= 0.6 is 11.3 Å². The molecule has 2 heterocycles. The molecular weight excluding hydrogens is 248 g/mol. The van der Waals surface area contributed by atoms with Crippen molar-refractivity contribution < 1.29 is 4.74 Å². The second-order valence-electron chi connectivity index (χ2n) is 3.82. The standard InChI is InChI=1S/C12H16N4OS/c1-4-17-11-5-8(2)14-12(16-11)13-6-10-7-18-9(3)15-10/h5,7H,4,6H2,1-3H3,(H,13,14,16). The fourth-order valence-electron chi connectivity index (χ4n) is 1.50. The maximum Gasteiger partial charge on any atom is 0.226 e. The van der Waals surface area contributed by atoms with Gasteiger partial charge in [0.05, 0.1) is 23.9 Å². The molecule has 0 fully saturated rings. The Labute approximate surface area is 110 Å². The van der Waals surface area contributed by atoms with Gasteiger partial charge in [-0.25, -0.2) is 9.97 Å². The molecule has 1 N–H and O–H groups in total. The number of nitrogens with one attached hydrogen (secondary N) is 1. The molecule has 0 unspecified atom stereocenters. The van der Waals surface area contributed by atoms with E-state index in [0.717, 1.165) is 16.4 Å². The molecule has 18 heavy (non-hydrogen) atoms. The van der Waals surface area contributed by atoms with Crippen LogP contribution in [0.1, 0.15) is 23.3 Å². The minimum absolute atomic E-state index is 0.573. The number of aryl methyl sites for hydroxylation is 2. The second kappa shape index (κ2) is 5.77. The van der Waals surface area contributed by atoms with Crippen LogP contribution < -0.4 is 10.1 Å². The number of hydrogen-bond donors (Lipinski definition) is 1. The highest BCUT2D eigenvalue weighted by Gasteiger charge is 2.04. The summed E-state index contributed by atoms with van der Waals surface area (Å²) in [6, 6.07) is 1.82. The van der Waals surface area contributed by atoms with Gasteiger partial charge >= 0.3 is 0 Å². The molecule has 0 aliphatic heterocycles. The van der Waals surface area contributed by atoms with E-state index in [4.69, 9.17) is 4.74 Å². The van der Waals surface area contributed by atoms with E-state index in [1.165, 1.54) is 0 Å². The zero-order valence-corrected chi connectivity index (χ0v) is 11.5. The number of nitrogens with zero attached hydrogens (tertiary/aromatic N) is 3. The first-order valence-corrected chi connectivity index (χ1v) is 6.68. The van der Waals surface area contributed by atoms with Crippen molar-refractivity contribution in [3.05, 3.63) is 27.8 Å². The van der Waals surface area contributed by atoms with E-state index < -0.39 is 0 Å². The minimum atomic E-state index is 0.573. The summed E-state index contributed by atoms with van der Waals surface area (Å²) in [6.07, 6.45) is 0. The molecule has 0 aliphatic rings. The lowest BCUT2D eigenvalue weighted by atomic mass is 10.4. The summed E-state index contributed by atoms with van der Waals surface area (Å²) < 4.78 is 5.38. The Balaban J connectivity index is 2.04. The third kappa shape index (κ3) is 3.40. The van der Waals surface area contributed by atoms with Crippen molar-refractivity contribution in [3.8, 4) is 5.88 Å². The molecule has 0 aliphatic carbocycles. The van der Waals surface area contributed by atoms with Crippen LogP contribution in [0.2, 0.25) is 0 Å². The van der Waals surface area contributed by atoms with Crippen molar-refractivity contribution in [2.75, 3.05) is 11.9 Å². The van der Waals surface area contributed by atoms with Crippen LogP contribution in [0.25, 0.3) is 0 Å². The van der Waals surface area contributed by atoms with Crippen LogP contribution in [0.15, 0.2) is 11.4 Å². The largest absolute Gasteiger partial charge is 0.478 e. The van der Waals surface area contributed by atoms with Gasteiger partial charge in [-0.3, -0.25) is 0 Å². The molecule has 0 saturated carbocycles. The highest BCUT2D eigenvalue weighted by molar-refractivity contribution is 7.09. The Morgan fingerprint density at radius 1 is 1.28 bits per heavy atom. The van der Waals surface area contributed by atoms with Gasteiger partial charge in [0.15, 0.2) is 0 Å². The van der Waals surface area contributed by atoms with Crippen molar-refractivity contribution in [3.63, 3.8) is 0 Å². The van der Waals surface area contributed by atoms with Crippen molar-refractivity contribution >= 4 is 17.3 Å². The number of ether oxygens (including phenoxy) is 1. The predicted octanol–water partition coefficient (Wildman–Crippen LogP) is 2.56. The van der Waals surface area contributed by atoms with Crippen LogP contribution in [0.3, 0.4) is 0 Å². The molecule has 0 radical (unpaired) electrons. The van der Waals surface area contributed by atoms with Gasteiger partial charge in [-0.05, 0) is 20.8 Å². The summed E-state index contributed by atoms with van der Waals surface area (Å²) in [5.74, 6) is 1.17. The number of rotatable bonds is 5. The summed E-state index contributed by atoms with van der Waals surface area (Å²) in [5, 5.41) is 6.25. The Hall–Kier alpha value is -1.69. The van der Waals surface area contributed by atoms with Gasteiger partial charge in [-0.2, -0.15) is 4.98 Å². The number of aromatic nitrogens is 3. The van der Waals surface area contributed by atoms with Crippen LogP contribution in [0.5, 0.6) is 5.88 Å². The summed E-state index contributed by atoms with van der Waals surface area (Å²) in [6.45, 7) is 7.07. The predicted molar refractivity (Wildman–Crippen MR) is 72.1 cm³/mol. The SMILES string of the molecule is CCOc1cc(C)nc(NCc2csc(C)n2)n1. The zero-order valence-electron chi connectivity index (χ0n) is 10.7. The third-order valence-corrected chi connectivity index (χ3v) is 3.04.